The van der Waals surface area contributed by atoms with E-state index in [0.717, 1.165) is 15.8 Å². The standard InChI is InChI=1S/C11H12BrNO.C2H6/c1-8(5-6-13)10-7-9(12)3-4-11(10)14-2;1-2/h3-4,7-8H,5H2,1-2H3;1-2H3. The molecular formula is C13H18BrNO. The summed E-state index contributed by atoms with van der Waals surface area (Å²) in [6.07, 6.45) is 0.507. The Balaban J connectivity index is 0.00000106. The smallest absolute Gasteiger partial charge is 0.122 e. The van der Waals surface area contributed by atoms with Crippen LogP contribution >= 0.6 is 15.9 Å². The van der Waals surface area contributed by atoms with E-state index in [9.17, 15) is 0 Å². The van der Waals surface area contributed by atoms with Crippen molar-refractivity contribution in [2.24, 2.45) is 0 Å². The van der Waals surface area contributed by atoms with Crippen molar-refractivity contribution in [2.45, 2.75) is 33.1 Å². The molecule has 1 aromatic carbocycles. The van der Waals surface area contributed by atoms with Crippen LogP contribution in [0.2, 0.25) is 0 Å². The molecule has 0 aliphatic carbocycles. The maximum absolute atomic E-state index is 8.63. The highest BCUT2D eigenvalue weighted by Gasteiger charge is 2.11. The van der Waals surface area contributed by atoms with Gasteiger partial charge in [0.15, 0.2) is 0 Å². The molecule has 0 saturated heterocycles. The van der Waals surface area contributed by atoms with Gasteiger partial charge in [-0.05, 0) is 29.7 Å². The molecule has 0 aromatic heterocycles. The first kappa shape index (κ1) is 15.0. The number of nitriles is 1. The van der Waals surface area contributed by atoms with Crippen molar-refractivity contribution in [1.29, 1.82) is 5.26 Å². The number of halogens is 1. The Kier molecular flexibility index (Phi) is 7.66. The summed E-state index contributed by atoms with van der Waals surface area (Å²) in [7, 11) is 1.64. The van der Waals surface area contributed by atoms with Crippen LogP contribution in [0.4, 0.5) is 0 Å². The first-order valence-corrected chi connectivity index (χ1v) is 6.18. The van der Waals surface area contributed by atoms with Crippen LogP contribution in [0.1, 0.15) is 38.7 Å². The molecule has 88 valence electrons. The van der Waals surface area contributed by atoms with E-state index in [4.69, 9.17) is 10.00 Å². The molecule has 0 saturated carbocycles. The van der Waals surface area contributed by atoms with Crippen molar-refractivity contribution in [3.05, 3.63) is 28.2 Å². The molecule has 0 bridgehead atoms. The molecule has 0 spiro atoms. The van der Waals surface area contributed by atoms with Crippen LogP contribution in [0.5, 0.6) is 5.75 Å². The van der Waals surface area contributed by atoms with E-state index in [1.165, 1.54) is 0 Å². The Bertz CT molecular complexity index is 357. The number of ether oxygens (including phenoxy) is 1. The van der Waals surface area contributed by atoms with Crippen molar-refractivity contribution in [1.82, 2.24) is 0 Å². The van der Waals surface area contributed by atoms with Gasteiger partial charge in [0.05, 0.1) is 13.2 Å². The van der Waals surface area contributed by atoms with Gasteiger partial charge in [-0.1, -0.05) is 36.7 Å². The molecule has 1 unspecified atom stereocenters. The van der Waals surface area contributed by atoms with Gasteiger partial charge in [0.2, 0.25) is 0 Å². The van der Waals surface area contributed by atoms with E-state index in [0.29, 0.717) is 6.42 Å². The van der Waals surface area contributed by atoms with E-state index in [1.807, 2.05) is 39.0 Å². The molecule has 0 radical (unpaired) electrons. The first-order valence-electron chi connectivity index (χ1n) is 5.39. The van der Waals surface area contributed by atoms with Crippen molar-refractivity contribution >= 4 is 15.9 Å². The van der Waals surface area contributed by atoms with Crippen LogP contribution in [-0.2, 0) is 0 Å². The molecule has 2 nitrogen and oxygen atoms in total. The van der Waals surface area contributed by atoms with Gasteiger partial charge in [0, 0.05) is 10.9 Å². The summed E-state index contributed by atoms with van der Waals surface area (Å²) in [4.78, 5) is 0. The van der Waals surface area contributed by atoms with Crippen molar-refractivity contribution in [2.75, 3.05) is 7.11 Å². The quantitative estimate of drug-likeness (QED) is 0.818. The highest BCUT2D eigenvalue weighted by atomic mass is 79.9. The fourth-order valence-electron chi connectivity index (χ4n) is 1.34. The lowest BCUT2D eigenvalue weighted by Crippen LogP contribution is -1.96. The molecule has 16 heavy (non-hydrogen) atoms. The van der Waals surface area contributed by atoms with E-state index in [-0.39, 0.29) is 5.92 Å². The van der Waals surface area contributed by atoms with Crippen LogP contribution in [0.25, 0.3) is 0 Å². The van der Waals surface area contributed by atoms with E-state index in [2.05, 4.69) is 22.0 Å². The Hall–Kier alpha value is -1.01. The third-order valence-electron chi connectivity index (χ3n) is 2.12. The summed E-state index contributed by atoms with van der Waals surface area (Å²) in [5.74, 6) is 1.04. The third-order valence-corrected chi connectivity index (χ3v) is 2.61. The monoisotopic (exact) mass is 283 g/mol. The normalized spacial score (nSPS) is 10.8. The SMILES string of the molecule is CC.COc1ccc(Br)cc1C(C)CC#N. The molecule has 1 rings (SSSR count). The number of hydrogen-bond acceptors (Lipinski definition) is 2. The number of methoxy groups -OCH3 is 1. The number of benzene rings is 1. The van der Waals surface area contributed by atoms with Crippen molar-refractivity contribution < 1.29 is 4.74 Å². The molecule has 3 heteroatoms. The minimum atomic E-state index is 0.201. The Labute approximate surface area is 106 Å². The predicted molar refractivity (Wildman–Crippen MR) is 70.7 cm³/mol. The van der Waals surface area contributed by atoms with Gasteiger partial charge in [-0.3, -0.25) is 0 Å². The number of rotatable bonds is 3. The lowest BCUT2D eigenvalue weighted by Gasteiger charge is -2.13. The summed E-state index contributed by atoms with van der Waals surface area (Å²) in [5.41, 5.74) is 1.07. The second-order valence-electron chi connectivity index (χ2n) is 3.15. The average Bonchev–Trinajstić information content (AvgIpc) is 2.32. The molecule has 1 atom stereocenters. The zero-order valence-electron chi connectivity index (χ0n) is 10.2. The molecule has 0 fully saturated rings. The van der Waals surface area contributed by atoms with Gasteiger partial charge in [0.25, 0.3) is 0 Å². The van der Waals surface area contributed by atoms with Crippen LogP contribution in [0, 0.1) is 11.3 Å². The molecule has 0 amide bonds. The maximum Gasteiger partial charge on any atom is 0.122 e. The van der Waals surface area contributed by atoms with Gasteiger partial charge in [-0.25, -0.2) is 0 Å². The summed E-state index contributed by atoms with van der Waals surface area (Å²) < 4.78 is 6.25. The highest BCUT2D eigenvalue weighted by molar-refractivity contribution is 9.10. The van der Waals surface area contributed by atoms with Gasteiger partial charge >= 0.3 is 0 Å². The van der Waals surface area contributed by atoms with Crippen LogP contribution < -0.4 is 4.74 Å². The highest BCUT2D eigenvalue weighted by Crippen LogP contribution is 2.30. The fraction of sp³-hybridized carbons (Fsp3) is 0.462. The van der Waals surface area contributed by atoms with E-state index >= 15 is 0 Å². The predicted octanol–water partition coefficient (Wildman–Crippen LogP) is 4.50. The number of hydrogen-bond donors (Lipinski definition) is 0. The summed E-state index contributed by atoms with van der Waals surface area (Å²) >= 11 is 3.41. The Morgan fingerprint density at radius 1 is 1.44 bits per heavy atom. The van der Waals surface area contributed by atoms with Crippen molar-refractivity contribution in [3.8, 4) is 11.8 Å². The minimum Gasteiger partial charge on any atom is -0.496 e. The lowest BCUT2D eigenvalue weighted by molar-refractivity contribution is 0.406. The zero-order chi connectivity index (χ0) is 12.6. The molecule has 0 heterocycles. The van der Waals surface area contributed by atoms with Crippen LogP contribution in [-0.4, -0.2) is 7.11 Å². The number of nitrogens with zero attached hydrogens (tertiary/aromatic N) is 1. The molecule has 1 aromatic rings. The Morgan fingerprint density at radius 2 is 2.06 bits per heavy atom. The second kappa shape index (κ2) is 8.18. The fourth-order valence-corrected chi connectivity index (χ4v) is 1.72. The molecular weight excluding hydrogens is 266 g/mol. The van der Waals surface area contributed by atoms with E-state index in [1.54, 1.807) is 7.11 Å². The third kappa shape index (κ3) is 4.24. The summed E-state index contributed by atoms with van der Waals surface area (Å²) in [6.45, 7) is 6.02. The summed E-state index contributed by atoms with van der Waals surface area (Å²) in [5, 5.41) is 8.63. The largest absolute Gasteiger partial charge is 0.496 e. The zero-order valence-corrected chi connectivity index (χ0v) is 11.8. The topological polar surface area (TPSA) is 33.0 Å². The average molecular weight is 284 g/mol. The second-order valence-corrected chi connectivity index (χ2v) is 4.07. The van der Waals surface area contributed by atoms with Gasteiger partial charge < -0.3 is 4.74 Å². The van der Waals surface area contributed by atoms with Crippen molar-refractivity contribution in [3.63, 3.8) is 0 Å². The molecule has 0 aliphatic rings. The summed E-state index contributed by atoms with van der Waals surface area (Å²) in [6, 6.07) is 8.01. The Morgan fingerprint density at radius 3 is 2.56 bits per heavy atom. The van der Waals surface area contributed by atoms with Gasteiger partial charge in [0.1, 0.15) is 5.75 Å². The van der Waals surface area contributed by atoms with Gasteiger partial charge in [-0.15, -0.1) is 0 Å². The van der Waals surface area contributed by atoms with Crippen LogP contribution in [0.15, 0.2) is 22.7 Å². The minimum absolute atomic E-state index is 0.201. The molecule has 0 N–H and O–H groups in total. The first-order chi connectivity index (χ1) is 7.69. The lowest BCUT2D eigenvalue weighted by atomic mass is 9.97. The maximum atomic E-state index is 8.63. The van der Waals surface area contributed by atoms with Crippen LogP contribution in [0.3, 0.4) is 0 Å². The van der Waals surface area contributed by atoms with E-state index < -0.39 is 0 Å². The molecule has 0 aliphatic heterocycles. The van der Waals surface area contributed by atoms with Gasteiger partial charge in [-0.2, -0.15) is 5.26 Å².